The van der Waals surface area contributed by atoms with Gasteiger partial charge >= 0.3 is 0 Å². The Kier molecular flexibility index (Phi) is 4.61. The van der Waals surface area contributed by atoms with E-state index in [1.54, 1.807) is 18.2 Å². The van der Waals surface area contributed by atoms with E-state index >= 15 is 0 Å². The van der Waals surface area contributed by atoms with Gasteiger partial charge in [-0.3, -0.25) is 4.79 Å². The molecule has 0 spiro atoms. The molecule has 0 atom stereocenters. The molecule has 0 bridgehead atoms. The van der Waals surface area contributed by atoms with Crippen LogP contribution in [0.25, 0.3) is 0 Å². The Balaban J connectivity index is 2.12. The lowest BCUT2D eigenvalue weighted by atomic mass is 10.1. The van der Waals surface area contributed by atoms with Gasteiger partial charge in [0.25, 0.3) is 0 Å². The first kappa shape index (κ1) is 14.1. The summed E-state index contributed by atoms with van der Waals surface area (Å²) in [5.41, 5.74) is 2.65. The summed E-state index contributed by atoms with van der Waals surface area (Å²) in [5, 5.41) is 0.695. The van der Waals surface area contributed by atoms with Gasteiger partial charge in [0, 0.05) is 16.1 Å². The standard InChI is InChI=1S/C15H12BrClO2/c1-10-2-4-12(14(17)6-10)9-19-15-5-3-11(8-18)7-13(15)16/h2-8H,9H2,1H3. The second-order valence-electron chi connectivity index (χ2n) is 4.19. The van der Waals surface area contributed by atoms with Crippen LogP contribution in [0.2, 0.25) is 5.02 Å². The van der Waals surface area contributed by atoms with E-state index in [-0.39, 0.29) is 0 Å². The van der Waals surface area contributed by atoms with Crippen LogP contribution in [0.4, 0.5) is 0 Å². The van der Waals surface area contributed by atoms with Crippen LogP contribution in [0, 0.1) is 6.92 Å². The number of carbonyl (C=O) groups excluding carboxylic acids is 1. The van der Waals surface area contributed by atoms with Crippen LogP contribution in [0.3, 0.4) is 0 Å². The second kappa shape index (κ2) is 6.22. The Morgan fingerprint density at radius 3 is 2.68 bits per heavy atom. The minimum Gasteiger partial charge on any atom is -0.488 e. The quantitative estimate of drug-likeness (QED) is 0.748. The Hall–Kier alpha value is -1.32. The molecule has 0 unspecified atom stereocenters. The van der Waals surface area contributed by atoms with Crippen molar-refractivity contribution >= 4 is 33.8 Å². The van der Waals surface area contributed by atoms with Crippen LogP contribution in [0.1, 0.15) is 21.5 Å². The number of carbonyl (C=O) groups is 1. The molecule has 0 aliphatic carbocycles. The topological polar surface area (TPSA) is 26.3 Å². The van der Waals surface area contributed by atoms with Gasteiger partial charge in [0.15, 0.2) is 0 Å². The minimum atomic E-state index is 0.387. The van der Waals surface area contributed by atoms with Crippen molar-refractivity contribution < 1.29 is 9.53 Å². The molecule has 98 valence electrons. The molecular weight excluding hydrogens is 328 g/mol. The van der Waals surface area contributed by atoms with Gasteiger partial charge in [-0.25, -0.2) is 0 Å². The summed E-state index contributed by atoms with van der Waals surface area (Å²) in [4.78, 5) is 10.6. The van der Waals surface area contributed by atoms with Crippen LogP contribution >= 0.6 is 27.5 Å². The molecule has 4 heteroatoms. The van der Waals surface area contributed by atoms with Crippen molar-refractivity contribution in [1.29, 1.82) is 0 Å². The average Bonchev–Trinajstić information content (AvgIpc) is 2.39. The van der Waals surface area contributed by atoms with Crippen molar-refractivity contribution in [3.8, 4) is 5.75 Å². The molecule has 0 amide bonds. The zero-order valence-corrected chi connectivity index (χ0v) is 12.7. The number of halogens is 2. The SMILES string of the molecule is Cc1ccc(COc2ccc(C=O)cc2Br)c(Cl)c1. The predicted octanol–water partition coefficient (Wildman–Crippen LogP) is 4.80. The highest BCUT2D eigenvalue weighted by Crippen LogP contribution is 2.27. The molecular formula is C15H12BrClO2. The smallest absolute Gasteiger partial charge is 0.150 e. The van der Waals surface area contributed by atoms with Crippen LogP contribution in [0.5, 0.6) is 5.75 Å². The van der Waals surface area contributed by atoms with Gasteiger partial charge in [-0.15, -0.1) is 0 Å². The maximum Gasteiger partial charge on any atom is 0.150 e. The van der Waals surface area contributed by atoms with E-state index in [4.69, 9.17) is 16.3 Å². The number of rotatable bonds is 4. The van der Waals surface area contributed by atoms with Crippen LogP contribution in [-0.4, -0.2) is 6.29 Å². The predicted molar refractivity (Wildman–Crippen MR) is 80.1 cm³/mol. The summed E-state index contributed by atoms with van der Waals surface area (Å²) < 4.78 is 6.45. The first-order chi connectivity index (χ1) is 9.10. The highest BCUT2D eigenvalue weighted by Gasteiger charge is 2.05. The fourth-order valence-electron chi connectivity index (χ4n) is 1.63. The normalized spacial score (nSPS) is 10.3. The zero-order valence-electron chi connectivity index (χ0n) is 10.3. The first-order valence-electron chi connectivity index (χ1n) is 5.72. The highest BCUT2D eigenvalue weighted by molar-refractivity contribution is 9.10. The average molecular weight is 340 g/mol. The lowest BCUT2D eigenvalue weighted by Gasteiger charge is -2.10. The van der Waals surface area contributed by atoms with E-state index in [1.807, 2.05) is 25.1 Å². The molecule has 0 heterocycles. The van der Waals surface area contributed by atoms with E-state index in [1.165, 1.54) is 0 Å². The Bertz CT molecular complexity index is 611. The van der Waals surface area contributed by atoms with Crippen molar-refractivity contribution in [2.75, 3.05) is 0 Å². The molecule has 2 rings (SSSR count). The lowest BCUT2D eigenvalue weighted by molar-refractivity contribution is 0.112. The number of aldehydes is 1. The van der Waals surface area contributed by atoms with E-state index < -0.39 is 0 Å². The molecule has 0 aliphatic rings. The van der Waals surface area contributed by atoms with Gasteiger partial charge in [-0.2, -0.15) is 0 Å². The molecule has 2 aromatic rings. The van der Waals surface area contributed by atoms with Crippen molar-refractivity contribution in [3.63, 3.8) is 0 Å². The van der Waals surface area contributed by atoms with Gasteiger partial charge in [0.05, 0.1) is 4.47 Å². The maximum absolute atomic E-state index is 10.6. The molecule has 2 nitrogen and oxygen atoms in total. The molecule has 0 saturated carbocycles. The summed E-state index contributed by atoms with van der Waals surface area (Å²) in [6, 6.07) is 11.0. The third-order valence-corrected chi connectivity index (χ3v) is 3.66. The Morgan fingerprint density at radius 2 is 2.05 bits per heavy atom. The second-order valence-corrected chi connectivity index (χ2v) is 5.45. The van der Waals surface area contributed by atoms with Gasteiger partial charge in [0.1, 0.15) is 18.6 Å². The highest BCUT2D eigenvalue weighted by atomic mass is 79.9. The summed E-state index contributed by atoms with van der Waals surface area (Å²) in [6.07, 6.45) is 0.797. The maximum atomic E-state index is 10.6. The molecule has 0 aliphatic heterocycles. The molecule has 0 N–H and O–H groups in total. The molecule has 19 heavy (non-hydrogen) atoms. The Morgan fingerprint density at radius 1 is 1.26 bits per heavy atom. The van der Waals surface area contributed by atoms with Crippen molar-refractivity contribution in [2.45, 2.75) is 13.5 Å². The molecule has 0 fully saturated rings. The van der Waals surface area contributed by atoms with E-state index in [9.17, 15) is 4.79 Å². The number of benzene rings is 2. The third kappa shape index (κ3) is 3.58. The number of ether oxygens (including phenoxy) is 1. The summed E-state index contributed by atoms with van der Waals surface area (Å²) >= 11 is 9.52. The van der Waals surface area contributed by atoms with E-state index in [0.29, 0.717) is 22.9 Å². The zero-order chi connectivity index (χ0) is 13.8. The van der Waals surface area contributed by atoms with Crippen LogP contribution in [0.15, 0.2) is 40.9 Å². The third-order valence-electron chi connectivity index (χ3n) is 2.68. The van der Waals surface area contributed by atoms with Gasteiger partial charge in [0.2, 0.25) is 0 Å². The minimum absolute atomic E-state index is 0.387. The number of hydrogen-bond acceptors (Lipinski definition) is 2. The van der Waals surface area contributed by atoms with Crippen LogP contribution < -0.4 is 4.74 Å². The van der Waals surface area contributed by atoms with Gasteiger partial charge in [-0.05, 0) is 52.7 Å². The summed E-state index contributed by atoms with van der Waals surface area (Å²) in [6.45, 7) is 2.38. The van der Waals surface area contributed by atoms with E-state index in [2.05, 4.69) is 15.9 Å². The van der Waals surface area contributed by atoms with Crippen LogP contribution in [-0.2, 0) is 6.61 Å². The van der Waals surface area contributed by atoms with Crippen molar-refractivity contribution in [3.05, 3.63) is 62.6 Å². The molecule has 2 aromatic carbocycles. The monoisotopic (exact) mass is 338 g/mol. The fraction of sp³-hybridized carbons (Fsp3) is 0.133. The lowest BCUT2D eigenvalue weighted by Crippen LogP contribution is -1.97. The van der Waals surface area contributed by atoms with E-state index in [0.717, 1.165) is 21.9 Å². The molecule has 0 radical (unpaired) electrons. The Labute approximate surface area is 125 Å². The number of aryl methyl sites for hydroxylation is 1. The fourth-order valence-corrected chi connectivity index (χ4v) is 2.43. The largest absolute Gasteiger partial charge is 0.488 e. The summed E-state index contributed by atoms with van der Waals surface area (Å²) in [7, 11) is 0. The van der Waals surface area contributed by atoms with Gasteiger partial charge < -0.3 is 4.74 Å². The molecule has 0 saturated heterocycles. The molecule has 0 aromatic heterocycles. The van der Waals surface area contributed by atoms with Gasteiger partial charge in [-0.1, -0.05) is 23.7 Å². The van der Waals surface area contributed by atoms with Crippen molar-refractivity contribution in [1.82, 2.24) is 0 Å². The summed E-state index contributed by atoms with van der Waals surface area (Å²) in [5.74, 6) is 0.683. The first-order valence-corrected chi connectivity index (χ1v) is 6.90. The number of hydrogen-bond donors (Lipinski definition) is 0. The van der Waals surface area contributed by atoms with Crippen molar-refractivity contribution in [2.24, 2.45) is 0 Å².